The highest BCUT2D eigenvalue weighted by atomic mass is 19.1. The van der Waals surface area contributed by atoms with Crippen LogP contribution in [0.5, 0.6) is 0 Å². The summed E-state index contributed by atoms with van der Waals surface area (Å²) in [6.45, 7) is 0. The van der Waals surface area contributed by atoms with Gasteiger partial charge in [-0.1, -0.05) is 0 Å². The standard InChI is InChI=1S/C19H14FN5O2/c1-24-16-8-3-12(20)11-15(16)18(26)17(23-24)19(27)22-13-4-6-14(7-5-13)25-10-2-9-21-25/h2-11H,1H3,(H,22,27). The monoisotopic (exact) mass is 363 g/mol. The van der Waals surface area contributed by atoms with Crippen LogP contribution >= 0.6 is 0 Å². The average Bonchev–Trinajstić information content (AvgIpc) is 3.20. The molecule has 0 radical (unpaired) electrons. The Kier molecular flexibility index (Phi) is 4.00. The number of rotatable bonds is 3. The van der Waals surface area contributed by atoms with Gasteiger partial charge in [-0.3, -0.25) is 14.3 Å². The fourth-order valence-electron chi connectivity index (χ4n) is 2.81. The molecule has 1 amide bonds. The van der Waals surface area contributed by atoms with Gasteiger partial charge in [-0.15, -0.1) is 0 Å². The summed E-state index contributed by atoms with van der Waals surface area (Å²) in [4.78, 5) is 25.1. The number of hydrogen-bond acceptors (Lipinski definition) is 4. The first-order valence-electron chi connectivity index (χ1n) is 8.11. The van der Waals surface area contributed by atoms with Crippen LogP contribution in [0.15, 0.2) is 65.7 Å². The maximum absolute atomic E-state index is 13.5. The minimum atomic E-state index is -0.659. The summed E-state index contributed by atoms with van der Waals surface area (Å²) in [5.74, 6) is -1.21. The number of aromatic nitrogens is 4. The Hall–Kier alpha value is -3.81. The predicted octanol–water partition coefficient (Wildman–Crippen LogP) is 2.51. The topological polar surface area (TPSA) is 81.8 Å². The van der Waals surface area contributed by atoms with Crippen LogP contribution in [-0.2, 0) is 7.05 Å². The first-order valence-corrected chi connectivity index (χ1v) is 8.11. The van der Waals surface area contributed by atoms with E-state index in [0.717, 1.165) is 11.8 Å². The molecule has 0 saturated carbocycles. The van der Waals surface area contributed by atoms with Gasteiger partial charge in [0.05, 0.1) is 16.6 Å². The van der Waals surface area contributed by atoms with Crippen LogP contribution in [0.2, 0.25) is 0 Å². The molecule has 27 heavy (non-hydrogen) atoms. The molecule has 4 rings (SSSR count). The minimum absolute atomic E-state index is 0.103. The van der Waals surface area contributed by atoms with Crippen LogP contribution in [0.25, 0.3) is 16.6 Å². The lowest BCUT2D eigenvalue weighted by Gasteiger charge is -2.09. The van der Waals surface area contributed by atoms with Crippen molar-refractivity contribution in [2.45, 2.75) is 0 Å². The molecule has 0 saturated heterocycles. The molecule has 8 heteroatoms. The van der Waals surface area contributed by atoms with Crippen molar-refractivity contribution < 1.29 is 9.18 Å². The summed E-state index contributed by atoms with van der Waals surface area (Å²) >= 11 is 0. The summed E-state index contributed by atoms with van der Waals surface area (Å²) in [7, 11) is 1.59. The molecule has 134 valence electrons. The van der Waals surface area contributed by atoms with Gasteiger partial charge in [0, 0.05) is 25.1 Å². The fourth-order valence-corrected chi connectivity index (χ4v) is 2.81. The van der Waals surface area contributed by atoms with Crippen molar-refractivity contribution >= 4 is 22.5 Å². The number of fused-ring (bicyclic) bond motifs is 1. The Balaban J connectivity index is 1.65. The minimum Gasteiger partial charge on any atom is -0.320 e. The van der Waals surface area contributed by atoms with Gasteiger partial charge < -0.3 is 5.32 Å². The van der Waals surface area contributed by atoms with E-state index < -0.39 is 17.2 Å². The number of carbonyl (C=O) groups excluding carboxylic acids is 1. The lowest BCUT2D eigenvalue weighted by molar-refractivity contribution is 0.101. The van der Waals surface area contributed by atoms with Gasteiger partial charge in [-0.05, 0) is 48.5 Å². The average molecular weight is 363 g/mol. The Morgan fingerprint density at radius 3 is 2.63 bits per heavy atom. The third kappa shape index (κ3) is 3.08. The highest BCUT2D eigenvalue weighted by Crippen LogP contribution is 2.14. The van der Waals surface area contributed by atoms with Crippen molar-refractivity contribution in [1.82, 2.24) is 19.6 Å². The number of anilines is 1. The first kappa shape index (κ1) is 16.6. The predicted molar refractivity (Wildman–Crippen MR) is 98.5 cm³/mol. The molecule has 0 spiro atoms. The zero-order chi connectivity index (χ0) is 19.0. The van der Waals surface area contributed by atoms with Crippen molar-refractivity contribution in [2.24, 2.45) is 7.05 Å². The summed E-state index contributed by atoms with van der Waals surface area (Å²) in [6, 6.07) is 12.6. The largest absolute Gasteiger partial charge is 0.320 e. The Labute approximate surface area is 152 Å². The van der Waals surface area contributed by atoms with Gasteiger partial charge in [-0.25, -0.2) is 9.07 Å². The number of nitrogens with zero attached hydrogens (tertiary/aromatic N) is 4. The molecule has 1 N–H and O–H groups in total. The van der Waals surface area contributed by atoms with Gasteiger partial charge in [0.25, 0.3) is 5.91 Å². The number of benzene rings is 2. The highest BCUT2D eigenvalue weighted by Gasteiger charge is 2.17. The molecule has 0 atom stereocenters. The van der Waals surface area contributed by atoms with Gasteiger partial charge in [-0.2, -0.15) is 10.2 Å². The lowest BCUT2D eigenvalue weighted by atomic mass is 10.2. The van der Waals surface area contributed by atoms with Crippen molar-refractivity contribution in [3.05, 3.63) is 82.7 Å². The molecule has 2 heterocycles. The number of amides is 1. The van der Waals surface area contributed by atoms with E-state index in [1.54, 1.807) is 54.5 Å². The molecule has 4 aromatic rings. The molecule has 0 aliphatic rings. The van der Waals surface area contributed by atoms with Crippen LogP contribution in [0.1, 0.15) is 10.5 Å². The van der Waals surface area contributed by atoms with E-state index in [1.165, 1.54) is 16.8 Å². The van der Waals surface area contributed by atoms with Crippen molar-refractivity contribution in [3.8, 4) is 5.69 Å². The first-order chi connectivity index (χ1) is 13.0. The molecule has 0 unspecified atom stereocenters. The van der Waals surface area contributed by atoms with E-state index in [2.05, 4.69) is 15.5 Å². The van der Waals surface area contributed by atoms with Crippen molar-refractivity contribution in [1.29, 1.82) is 0 Å². The van der Waals surface area contributed by atoms with E-state index in [-0.39, 0.29) is 11.1 Å². The van der Waals surface area contributed by atoms with Crippen LogP contribution < -0.4 is 10.7 Å². The van der Waals surface area contributed by atoms with Gasteiger partial charge in [0.2, 0.25) is 5.43 Å². The van der Waals surface area contributed by atoms with Gasteiger partial charge in [0.15, 0.2) is 5.69 Å². The zero-order valence-corrected chi connectivity index (χ0v) is 14.3. The van der Waals surface area contributed by atoms with Crippen molar-refractivity contribution in [2.75, 3.05) is 5.32 Å². The maximum Gasteiger partial charge on any atom is 0.280 e. The molecule has 0 aliphatic heterocycles. The molecule has 0 aliphatic carbocycles. The molecule has 2 aromatic carbocycles. The smallest absolute Gasteiger partial charge is 0.280 e. The number of aryl methyl sites for hydroxylation is 1. The fraction of sp³-hybridized carbons (Fsp3) is 0.0526. The third-order valence-corrected chi connectivity index (χ3v) is 4.13. The number of nitrogens with one attached hydrogen (secondary N) is 1. The van der Waals surface area contributed by atoms with Crippen LogP contribution in [-0.4, -0.2) is 25.5 Å². The summed E-state index contributed by atoms with van der Waals surface area (Å²) in [6.07, 6.45) is 3.47. The zero-order valence-electron chi connectivity index (χ0n) is 14.3. The SMILES string of the molecule is Cn1nc(C(=O)Nc2ccc(-n3cccn3)cc2)c(=O)c2cc(F)ccc21. The molecular weight excluding hydrogens is 349 g/mol. The van der Waals surface area contributed by atoms with E-state index in [9.17, 15) is 14.0 Å². The maximum atomic E-state index is 13.5. The highest BCUT2D eigenvalue weighted by molar-refractivity contribution is 6.04. The lowest BCUT2D eigenvalue weighted by Crippen LogP contribution is -2.26. The normalized spacial score (nSPS) is 10.9. The van der Waals surface area contributed by atoms with E-state index in [1.807, 2.05) is 0 Å². The summed E-state index contributed by atoms with van der Waals surface area (Å²) < 4.78 is 16.6. The van der Waals surface area contributed by atoms with E-state index in [0.29, 0.717) is 11.2 Å². The second-order valence-corrected chi connectivity index (χ2v) is 5.91. The Bertz CT molecular complexity index is 1200. The Morgan fingerprint density at radius 2 is 1.93 bits per heavy atom. The summed E-state index contributed by atoms with van der Waals surface area (Å²) in [5, 5.41) is 10.9. The van der Waals surface area contributed by atoms with Gasteiger partial charge in [0.1, 0.15) is 5.82 Å². The quantitative estimate of drug-likeness (QED) is 0.606. The van der Waals surface area contributed by atoms with Crippen molar-refractivity contribution in [3.63, 3.8) is 0 Å². The third-order valence-electron chi connectivity index (χ3n) is 4.13. The molecular formula is C19H14FN5O2. The number of halogens is 1. The summed E-state index contributed by atoms with van der Waals surface area (Å²) in [5.41, 5.74) is 0.855. The molecule has 7 nitrogen and oxygen atoms in total. The molecule has 0 bridgehead atoms. The second kappa shape index (κ2) is 6.49. The second-order valence-electron chi connectivity index (χ2n) is 5.91. The number of hydrogen-bond donors (Lipinski definition) is 1. The van der Waals surface area contributed by atoms with E-state index >= 15 is 0 Å². The van der Waals surface area contributed by atoms with Crippen LogP contribution in [0.3, 0.4) is 0 Å². The van der Waals surface area contributed by atoms with E-state index in [4.69, 9.17) is 0 Å². The Morgan fingerprint density at radius 1 is 1.15 bits per heavy atom. The number of carbonyl (C=O) groups is 1. The van der Waals surface area contributed by atoms with Gasteiger partial charge >= 0.3 is 0 Å². The van der Waals surface area contributed by atoms with Crippen LogP contribution in [0, 0.1) is 5.82 Å². The van der Waals surface area contributed by atoms with Crippen LogP contribution in [0.4, 0.5) is 10.1 Å². The molecule has 0 fully saturated rings. The molecule has 2 aromatic heterocycles.